The number of aromatic hydroxyl groups is 1. The summed E-state index contributed by atoms with van der Waals surface area (Å²) >= 11 is 5.88. The van der Waals surface area contributed by atoms with Crippen LogP contribution in [0, 0.1) is 0 Å². The molecule has 6 nitrogen and oxygen atoms in total. The van der Waals surface area contributed by atoms with Crippen LogP contribution in [0.4, 0.5) is 0 Å². The second-order valence-electron chi connectivity index (χ2n) is 5.67. The highest BCUT2D eigenvalue weighted by Gasteiger charge is 2.31. The van der Waals surface area contributed by atoms with Gasteiger partial charge in [-0.2, -0.15) is 4.31 Å². The largest absolute Gasteiger partial charge is 0.507 e. The molecule has 132 valence electrons. The molecule has 2 aromatic carbocycles. The van der Waals surface area contributed by atoms with Gasteiger partial charge in [0.25, 0.3) is 5.91 Å². The van der Waals surface area contributed by atoms with E-state index in [4.69, 9.17) is 11.6 Å². The summed E-state index contributed by atoms with van der Waals surface area (Å²) in [5.74, 6) is -0.389. The Morgan fingerprint density at radius 3 is 2.32 bits per heavy atom. The Morgan fingerprint density at radius 1 is 1.00 bits per heavy atom. The van der Waals surface area contributed by atoms with Gasteiger partial charge in [-0.1, -0.05) is 29.8 Å². The van der Waals surface area contributed by atoms with Gasteiger partial charge in [-0.05, 0) is 30.3 Å². The predicted molar refractivity (Wildman–Crippen MR) is 94.2 cm³/mol. The molecule has 0 spiro atoms. The van der Waals surface area contributed by atoms with Crippen LogP contribution in [-0.4, -0.2) is 54.8 Å². The molecule has 0 bridgehead atoms. The van der Waals surface area contributed by atoms with E-state index in [2.05, 4.69) is 0 Å². The second-order valence-corrected chi connectivity index (χ2v) is 8.05. The number of piperazine rings is 1. The number of nitrogens with zero attached hydrogens (tertiary/aromatic N) is 2. The zero-order valence-corrected chi connectivity index (χ0v) is 14.9. The normalized spacial score (nSPS) is 16.0. The first kappa shape index (κ1) is 17.7. The summed E-state index contributed by atoms with van der Waals surface area (Å²) in [6, 6.07) is 12.4. The van der Waals surface area contributed by atoms with Crippen molar-refractivity contribution in [2.45, 2.75) is 4.90 Å². The number of hydrogen-bond donors (Lipinski definition) is 1. The molecule has 1 fully saturated rings. The SMILES string of the molecule is O=C(c1ccccc1O)N1CCN(S(=O)(=O)c2cccc(Cl)c2)CC1. The van der Waals surface area contributed by atoms with Gasteiger partial charge in [-0.25, -0.2) is 8.42 Å². The fraction of sp³-hybridized carbons (Fsp3) is 0.235. The Morgan fingerprint density at radius 2 is 1.68 bits per heavy atom. The maximum Gasteiger partial charge on any atom is 0.257 e. The Labute approximate surface area is 151 Å². The zero-order valence-electron chi connectivity index (χ0n) is 13.3. The summed E-state index contributed by atoms with van der Waals surface area (Å²) in [7, 11) is -3.64. The number of halogens is 1. The zero-order chi connectivity index (χ0) is 18.0. The molecule has 1 N–H and O–H groups in total. The Kier molecular flexibility index (Phi) is 4.99. The molecule has 1 aliphatic rings. The number of hydrogen-bond acceptors (Lipinski definition) is 4. The van der Waals surface area contributed by atoms with Crippen LogP contribution >= 0.6 is 11.6 Å². The molecule has 0 aliphatic carbocycles. The molecule has 0 radical (unpaired) electrons. The molecule has 25 heavy (non-hydrogen) atoms. The van der Waals surface area contributed by atoms with Crippen molar-refractivity contribution in [1.82, 2.24) is 9.21 Å². The summed E-state index contributed by atoms with van der Waals surface area (Å²) < 4.78 is 26.7. The van der Waals surface area contributed by atoms with Crippen LogP contribution in [0.15, 0.2) is 53.4 Å². The number of phenols is 1. The van der Waals surface area contributed by atoms with E-state index in [0.717, 1.165) is 0 Å². The van der Waals surface area contributed by atoms with Gasteiger partial charge in [0.1, 0.15) is 5.75 Å². The van der Waals surface area contributed by atoms with Gasteiger partial charge < -0.3 is 10.0 Å². The minimum absolute atomic E-state index is 0.0820. The van der Waals surface area contributed by atoms with Crippen LogP contribution in [-0.2, 0) is 10.0 Å². The van der Waals surface area contributed by atoms with E-state index in [9.17, 15) is 18.3 Å². The lowest BCUT2D eigenvalue weighted by atomic mass is 10.1. The molecule has 3 rings (SSSR count). The van der Waals surface area contributed by atoms with Crippen LogP contribution in [0.5, 0.6) is 5.75 Å². The number of benzene rings is 2. The van der Waals surface area contributed by atoms with Crippen molar-refractivity contribution in [2.24, 2.45) is 0 Å². The van der Waals surface area contributed by atoms with E-state index in [1.54, 1.807) is 35.2 Å². The van der Waals surface area contributed by atoms with Gasteiger partial charge in [0.2, 0.25) is 10.0 Å². The topological polar surface area (TPSA) is 77.9 Å². The van der Waals surface area contributed by atoms with Gasteiger partial charge >= 0.3 is 0 Å². The van der Waals surface area contributed by atoms with E-state index >= 15 is 0 Å². The molecule has 0 unspecified atom stereocenters. The Balaban J connectivity index is 1.72. The summed E-state index contributed by atoms with van der Waals surface area (Å²) in [6.45, 7) is 0.891. The van der Waals surface area contributed by atoms with E-state index in [-0.39, 0.29) is 48.3 Å². The molecule has 1 amide bonds. The number of sulfonamides is 1. The first-order valence-electron chi connectivity index (χ1n) is 7.72. The van der Waals surface area contributed by atoms with Gasteiger partial charge in [-0.3, -0.25) is 4.79 Å². The highest BCUT2D eigenvalue weighted by Crippen LogP contribution is 2.23. The van der Waals surface area contributed by atoms with Crippen molar-refractivity contribution < 1.29 is 18.3 Å². The minimum atomic E-state index is -3.64. The summed E-state index contributed by atoms with van der Waals surface area (Å²) in [5.41, 5.74) is 0.216. The van der Waals surface area contributed by atoms with Crippen molar-refractivity contribution in [1.29, 1.82) is 0 Å². The number of carbonyl (C=O) groups excluding carboxylic acids is 1. The lowest BCUT2D eigenvalue weighted by molar-refractivity contribution is 0.0695. The number of carbonyl (C=O) groups is 1. The molecular weight excluding hydrogens is 364 g/mol. The summed E-state index contributed by atoms with van der Waals surface area (Å²) in [4.78, 5) is 14.2. The van der Waals surface area contributed by atoms with Crippen LogP contribution in [0.3, 0.4) is 0 Å². The predicted octanol–water partition coefficient (Wildman–Crippen LogP) is 2.19. The fourth-order valence-electron chi connectivity index (χ4n) is 2.73. The number of phenolic OH excluding ortho intramolecular Hbond substituents is 1. The van der Waals surface area contributed by atoms with Crippen LogP contribution in [0.25, 0.3) is 0 Å². The number of para-hydroxylation sites is 1. The fourth-order valence-corrected chi connectivity index (χ4v) is 4.46. The lowest BCUT2D eigenvalue weighted by Crippen LogP contribution is -2.50. The first-order chi connectivity index (χ1) is 11.9. The quantitative estimate of drug-likeness (QED) is 0.885. The standard InChI is InChI=1S/C17H17ClN2O4S/c18-13-4-3-5-14(12-13)25(23,24)20-10-8-19(9-11-20)17(22)15-6-1-2-7-16(15)21/h1-7,12,21H,8-11H2. The molecule has 1 aliphatic heterocycles. The van der Waals surface area contributed by atoms with E-state index in [0.29, 0.717) is 5.02 Å². The van der Waals surface area contributed by atoms with Crippen molar-refractivity contribution in [3.63, 3.8) is 0 Å². The number of rotatable bonds is 3. The molecule has 0 atom stereocenters. The van der Waals surface area contributed by atoms with Gasteiger partial charge in [0.15, 0.2) is 0 Å². The summed E-state index contributed by atoms with van der Waals surface area (Å²) in [5, 5.41) is 10.2. The van der Waals surface area contributed by atoms with E-state index in [1.807, 2.05) is 0 Å². The van der Waals surface area contributed by atoms with Crippen molar-refractivity contribution in [2.75, 3.05) is 26.2 Å². The van der Waals surface area contributed by atoms with Gasteiger partial charge in [0.05, 0.1) is 10.5 Å². The van der Waals surface area contributed by atoms with Crippen molar-refractivity contribution in [3.05, 3.63) is 59.1 Å². The van der Waals surface area contributed by atoms with Gasteiger partial charge in [0, 0.05) is 31.2 Å². The molecule has 1 saturated heterocycles. The third-order valence-corrected chi connectivity index (χ3v) is 6.22. The maximum atomic E-state index is 12.7. The Bertz CT molecular complexity index is 893. The van der Waals surface area contributed by atoms with Crippen molar-refractivity contribution >= 4 is 27.5 Å². The minimum Gasteiger partial charge on any atom is -0.507 e. The number of amides is 1. The maximum absolute atomic E-state index is 12.7. The molecule has 1 heterocycles. The molecule has 0 saturated carbocycles. The Hall–Kier alpha value is -2.09. The molecule has 8 heteroatoms. The third kappa shape index (κ3) is 3.63. The smallest absolute Gasteiger partial charge is 0.257 e. The summed E-state index contributed by atoms with van der Waals surface area (Å²) in [6.07, 6.45) is 0. The molecule has 2 aromatic rings. The second kappa shape index (κ2) is 7.03. The highest BCUT2D eigenvalue weighted by molar-refractivity contribution is 7.89. The lowest BCUT2D eigenvalue weighted by Gasteiger charge is -2.34. The van der Waals surface area contributed by atoms with E-state index < -0.39 is 10.0 Å². The van der Waals surface area contributed by atoms with Crippen molar-refractivity contribution in [3.8, 4) is 5.75 Å². The van der Waals surface area contributed by atoms with Crippen LogP contribution in [0.1, 0.15) is 10.4 Å². The van der Waals surface area contributed by atoms with E-state index in [1.165, 1.54) is 22.5 Å². The molecular formula is C17H17ClN2O4S. The third-order valence-electron chi connectivity index (χ3n) is 4.09. The average molecular weight is 381 g/mol. The monoisotopic (exact) mass is 380 g/mol. The van der Waals surface area contributed by atoms with Crippen LogP contribution in [0.2, 0.25) is 5.02 Å². The van der Waals surface area contributed by atoms with Gasteiger partial charge in [-0.15, -0.1) is 0 Å². The molecule has 0 aromatic heterocycles. The van der Waals surface area contributed by atoms with Crippen LogP contribution < -0.4 is 0 Å². The highest BCUT2D eigenvalue weighted by atomic mass is 35.5. The average Bonchev–Trinajstić information content (AvgIpc) is 2.62. The first-order valence-corrected chi connectivity index (χ1v) is 9.54.